The number of thioether (sulfide) groups is 1. The Labute approximate surface area is 354 Å². The smallest absolute Gasteiger partial charge is 0.245 e. The number of ether oxygens (including phenoxy) is 1. The average molecular weight is 850 g/mol. The zero-order valence-corrected chi connectivity index (χ0v) is 36.7. The van der Waals surface area contributed by atoms with Gasteiger partial charge in [0.15, 0.2) is 0 Å². The van der Waals surface area contributed by atoms with Crippen LogP contribution in [0.15, 0.2) is 0 Å². The summed E-state index contributed by atoms with van der Waals surface area (Å²) in [6, 6.07) is -4.98. The van der Waals surface area contributed by atoms with Crippen molar-refractivity contribution in [2.24, 2.45) is 11.8 Å². The standard InChI is InChI=1S/C42H71N7O9S/c1-5-19-43-40(55)37(29(3)50)46-39(54)34-15-11-21-49(34)42(57)32(18-26-59-4)45-38(53)33-14-9-10-20-48(33)41(56)31(16-17-36(52)47-22-24-58-25-23-47)44-35(51)27-28(2)30-12-7-6-8-13-30/h28-34,37,50H,5-27H2,1-4H3,(H,43,55)(H,44,51)(H,45,53)(H,46,54)/t28-,29+,31-,32-,33-,34-,37-/m0/s1. The van der Waals surface area contributed by atoms with Gasteiger partial charge in [-0.2, -0.15) is 11.8 Å². The molecule has 59 heavy (non-hydrogen) atoms. The van der Waals surface area contributed by atoms with E-state index in [0.717, 1.165) is 25.7 Å². The molecular formula is C42H71N7O9S. The van der Waals surface area contributed by atoms with Gasteiger partial charge in [0.05, 0.1) is 19.3 Å². The number of amides is 7. The minimum absolute atomic E-state index is 0.0524. The van der Waals surface area contributed by atoms with Gasteiger partial charge in [-0.05, 0) is 82.1 Å². The number of aliphatic hydroxyl groups is 1. The average Bonchev–Trinajstić information content (AvgIpc) is 3.75. The molecular weight excluding hydrogens is 779 g/mol. The molecule has 4 aliphatic rings. The van der Waals surface area contributed by atoms with E-state index in [2.05, 4.69) is 28.2 Å². The predicted octanol–water partition coefficient (Wildman–Crippen LogP) is 1.72. The van der Waals surface area contributed by atoms with Crippen molar-refractivity contribution < 1.29 is 43.4 Å². The van der Waals surface area contributed by atoms with Gasteiger partial charge in [-0.1, -0.05) is 46.0 Å². The third-order valence-corrected chi connectivity index (χ3v) is 13.0. The summed E-state index contributed by atoms with van der Waals surface area (Å²) >= 11 is 1.51. The molecule has 0 aromatic carbocycles. The summed E-state index contributed by atoms with van der Waals surface area (Å²) in [6.07, 6.45) is 10.4. The first kappa shape index (κ1) is 48.2. The third-order valence-electron chi connectivity index (χ3n) is 12.4. The van der Waals surface area contributed by atoms with Crippen LogP contribution in [0.25, 0.3) is 0 Å². The van der Waals surface area contributed by atoms with Crippen molar-refractivity contribution in [2.45, 2.75) is 153 Å². The fraction of sp³-hybridized carbons (Fsp3) is 0.833. The maximum atomic E-state index is 14.5. The lowest BCUT2D eigenvalue weighted by Gasteiger charge is -2.38. The van der Waals surface area contributed by atoms with E-state index in [9.17, 15) is 38.7 Å². The van der Waals surface area contributed by atoms with Crippen LogP contribution in [0.1, 0.15) is 117 Å². The zero-order valence-electron chi connectivity index (χ0n) is 35.8. The molecule has 0 unspecified atom stereocenters. The Morgan fingerprint density at radius 3 is 1.97 bits per heavy atom. The van der Waals surface area contributed by atoms with Gasteiger partial charge >= 0.3 is 0 Å². The monoisotopic (exact) mass is 850 g/mol. The van der Waals surface area contributed by atoms with E-state index in [1.165, 1.54) is 34.9 Å². The van der Waals surface area contributed by atoms with Crippen LogP contribution in [-0.4, -0.2) is 155 Å². The quantitative estimate of drug-likeness (QED) is 0.120. The highest BCUT2D eigenvalue weighted by Crippen LogP contribution is 2.31. The van der Waals surface area contributed by atoms with Gasteiger partial charge in [0.1, 0.15) is 30.2 Å². The largest absolute Gasteiger partial charge is 0.391 e. The molecule has 0 radical (unpaired) electrons. The third kappa shape index (κ3) is 14.3. The van der Waals surface area contributed by atoms with Gasteiger partial charge in [0.25, 0.3) is 0 Å². The van der Waals surface area contributed by atoms with Crippen LogP contribution < -0.4 is 21.3 Å². The number of nitrogens with zero attached hydrogens (tertiary/aromatic N) is 3. The molecule has 16 nitrogen and oxygen atoms in total. The van der Waals surface area contributed by atoms with E-state index in [-0.39, 0.29) is 56.5 Å². The number of aliphatic hydroxyl groups excluding tert-OH is 1. The summed E-state index contributed by atoms with van der Waals surface area (Å²) in [7, 11) is 0. The number of piperidine rings is 1. The maximum absolute atomic E-state index is 14.5. The van der Waals surface area contributed by atoms with Crippen molar-refractivity contribution in [2.75, 3.05) is 57.9 Å². The molecule has 4 fully saturated rings. The first-order valence-corrected chi connectivity index (χ1v) is 23.6. The van der Waals surface area contributed by atoms with Gasteiger partial charge in [0, 0.05) is 45.6 Å². The highest BCUT2D eigenvalue weighted by atomic mass is 32.2. The van der Waals surface area contributed by atoms with Crippen LogP contribution in [-0.2, 0) is 38.3 Å². The summed E-state index contributed by atoms with van der Waals surface area (Å²) < 4.78 is 5.40. The maximum Gasteiger partial charge on any atom is 0.245 e. The second-order valence-electron chi connectivity index (χ2n) is 16.8. The number of carbonyl (C=O) groups is 7. The molecule has 1 aliphatic carbocycles. The predicted molar refractivity (Wildman–Crippen MR) is 225 cm³/mol. The van der Waals surface area contributed by atoms with E-state index in [1.807, 2.05) is 13.2 Å². The van der Waals surface area contributed by atoms with Crippen LogP contribution in [0.5, 0.6) is 0 Å². The molecule has 0 bridgehead atoms. The van der Waals surface area contributed by atoms with Crippen molar-refractivity contribution in [1.82, 2.24) is 36.0 Å². The van der Waals surface area contributed by atoms with Crippen molar-refractivity contribution in [3.05, 3.63) is 0 Å². The van der Waals surface area contributed by atoms with Crippen molar-refractivity contribution in [1.29, 1.82) is 0 Å². The fourth-order valence-corrected chi connectivity index (χ4v) is 9.33. The second kappa shape index (κ2) is 24.7. The number of likely N-dealkylation sites (tertiary alicyclic amines) is 2. The zero-order chi connectivity index (χ0) is 42.9. The summed E-state index contributed by atoms with van der Waals surface area (Å²) in [6.45, 7) is 8.17. The van der Waals surface area contributed by atoms with Crippen LogP contribution in [0.3, 0.4) is 0 Å². The molecule has 7 atom stereocenters. The van der Waals surface area contributed by atoms with Crippen LogP contribution in [0.4, 0.5) is 0 Å². The summed E-state index contributed by atoms with van der Waals surface area (Å²) in [5.74, 6) is -1.62. The van der Waals surface area contributed by atoms with Gasteiger partial charge in [-0.25, -0.2) is 0 Å². The SMILES string of the molecule is CCCNC(=O)[C@@H](NC(=O)[C@@H]1CCCN1C(=O)[C@H](CCSC)NC(=O)[C@@H]1CCCCN1C(=O)[C@H](CCC(=O)N1CCOCC1)NC(=O)C[C@H](C)C1CCCCC1)[C@@H](C)O. The topological polar surface area (TPSA) is 207 Å². The Morgan fingerprint density at radius 1 is 0.746 bits per heavy atom. The first-order valence-electron chi connectivity index (χ1n) is 22.2. The number of nitrogens with one attached hydrogen (secondary N) is 4. The number of rotatable bonds is 20. The highest BCUT2D eigenvalue weighted by molar-refractivity contribution is 7.98. The fourth-order valence-electron chi connectivity index (χ4n) is 8.86. The molecule has 4 rings (SSSR count). The molecule has 7 amide bonds. The summed E-state index contributed by atoms with van der Waals surface area (Å²) in [5.41, 5.74) is 0. The molecule has 0 aromatic heterocycles. The molecule has 3 aliphatic heterocycles. The van der Waals surface area contributed by atoms with Crippen molar-refractivity contribution >= 4 is 53.1 Å². The number of carbonyl (C=O) groups excluding carboxylic acids is 7. The Kier molecular flexibility index (Phi) is 20.2. The molecule has 0 aromatic rings. The Morgan fingerprint density at radius 2 is 1.34 bits per heavy atom. The molecule has 3 heterocycles. The van der Waals surface area contributed by atoms with E-state index >= 15 is 0 Å². The Bertz CT molecular complexity index is 1420. The van der Waals surface area contributed by atoms with Crippen molar-refractivity contribution in [3.63, 3.8) is 0 Å². The highest BCUT2D eigenvalue weighted by Gasteiger charge is 2.42. The summed E-state index contributed by atoms with van der Waals surface area (Å²) in [4.78, 5) is 101. The van der Waals surface area contributed by atoms with Crippen molar-refractivity contribution in [3.8, 4) is 0 Å². The molecule has 17 heteroatoms. The second-order valence-corrected chi connectivity index (χ2v) is 17.8. The van der Waals surface area contributed by atoms with Gasteiger partial charge in [-0.15, -0.1) is 0 Å². The van der Waals surface area contributed by atoms with Crippen LogP contribution >= 0.6 is 11.8 Å². The Balaban J connectivity index is 1.48. The van der Waals surface area contributed by atoms with Gasteiger partial charge in [0.2, 0.25) is 41.4 Å². The van der Waals surface area contributed by atoms with Crippen LogP contribution in [0, 0.1) is 11.8 Å². The molecule has 5 N–H and O–H groups in total. The van der Waals surface area contributed by atoms with Crippen LogP contribution in [0.2, 0.25) is 0 Å². The molecule has 3 saturated heterocycles. The molecule has 334 valence electrons. The number of hydrogen-bond donors (Lipinski definition) is 5. The van der Waals surface area contributed by atoms with E-state index in [4.69, 9.17) is 4.74 Å². The molecule has 0 spiro atoms. The minimum Gasteiger partial charge on any atom is -0.391 e. The van der Waals surface area contributed by atoms with E-state index in [0.29, 0.717) is 83.0 Å². The lowest BCUT2D eigenvalue weighted by atomic mass is 9.79. The molecule has 1 saturated carbocycles. The lowest BCUT2D eigenvalue weighted by molar-refractivity contribution is -0.147. The number of hydrogen-bond acceptors (Lipinski definition) is 10. The Hall–Kier alpha value is -3.44. The first-order chi connectivity index (χ1) is 28.4. The van der Waals surface area contributed by atoms with E-state index in [1.54, 1.807) is 4.90 Å². The van der Waals surface area contributed by atoms with Gasteiger partial charge in [-0.3, -0.25) is 33.6 Å². The van der Waals surface area contributed by atoms with Gasteiger partial charge < -0.3 is 45.8 Å². The minimum atomic E-state index is -1.19. The summed E-state index contributed by atoms with van der Waals surface area (Å²) in [5, 5.41) is 21.6. The normalized spacial score (nSPS) is 22.7. The van der Waals surface area contributed by atoms with E-state index < -0.39 is 65.8 Å². The number of morpholine rings is 1. The lowest BCUT2D eigenvalue weighted by Crippen LogP contribution is -2.61.